The maximum absolute atomic E-state index is 2.51. The molecule has 1 atom stereocenters. The summed E-state index contributed by atoms with van der Waals surface area (Å²) in [4.78, 5) is 0. The molecule has 0 fully saturated rings. The average molecular weight is 183 g/mol. The Labute approximate surface area is 85.1 Å². The van der Waals surface area contributed by atoms with Crippen LogP contribution in [0.3, 0.4) is 0 Å². The fourth-order valence-electron chi connectivity index (χ4n) is 1.73. The van der Waals surface area contributed by atoms with Crippen LogP contribution in [-0.4, -0.2) is 0 Å². The first-order valence-electron chi connectivity index (χ1n) is 6.04. The highest BCUT2D eigenvalue weighted by Gasteiger charge is 2.07. The molecule has 13 heavy (non-hydrogen) atoms. The molecule has 0 rings (SSSR count). The van der Waals surface area contributed by atoms with Crippen LogP contribution in [0.1, 0.15) is 66.2 Å². The molecule has 1 unspecified atom stereocenters. The zero-order chi connectivity index (χ0) is 10.1. The highest BCUT2D eigenvalue weighted by Crippen LogP contribution is 2.21. The van der Waals surface area contributed by atoms with Gasteiger partial charge in [0, 0.05) is 0 Å². The molecule has 79 valence electrons. The van der Waals surface area contributed by atoms with E-state index in [9.17, 15) is 0 Å². The maximum atomic E-state index is 2.51. The van der Waals surface area contributed by atoms with Crippen LogP contribution in [0.15, 0.2) is 0 Å². The van der Waals surface area contributed by atoms with Crippen molar-refractivity contribution in [2.75, 3.05) is 0 Å². The molecule has 0 aromatic carbocycles. The monoisotopic (exact) mass is 183 g/mol. The summed E-state index contributed by atoms with van der Waals surface area (Å²) >= 11 is 0. The van der Waals surface area contributed by atoms with Gasteiger partial charge in [0.05, 0.1) is 0 Å². The number of rotatable bonds is 8. The second-order valence-electron chi connectivity index (χ2n) is 4.52. The van der Waals surface area contributed by atoms with E-state index >= 15 is 0 Å². The van der Waals surface area contributed by atoms with Crippen molar-refractivity contribution in [3.8, 4) is 0 Å². The lowest BCUT2D eigenvalue weighted by atomic mass is 9.90. The van der Waals surface area contributed by atoms with Crippen LogP contribution < -0.4 is 0 Å². The predicted octanol–water partition coefficient (Wildman–Crippen LogP) is 4.84. The van der Waals surface area contributed by atoms with Crippen molar-refractivity contribution in [2.45, 2.75) is 66.2 Å². The normalized spacial score (nSPS) is 13.6. The number of hydrogen-bond donors (Lipinski definition) is 0. The van der Waals surface area contributed by atoms with E-state index in [1.807, 2.05) is 0 Å². The van der Waals surface area contributed by atoms with Crippen molar-refractivity contribution in [1.82, 2.24) is 0 Å². The van der Waals surface area contributed by atoms with E-state index in [1.54, 1.807) is 0 Å². The van der Waals surface area contributed by atoms with Crippen molar-refractivity contribution in [3.63, 3.8) is 0 Å². The van der Waals surface area contributed by atoms with Gasteiger partial charge in [-0.25, -0.2) is 0 Å². The third kappa shape index (κ3) is 8.33. The molecule has 0 heteroatoms. The maximum Gasteiger partial charge on any atom is -0.0357 e. The molecule has 0 N–H and O–H groups in total. The summed E-state index contributed by atoms with van der Waals surface area (Å²) in [5, 5.41) is 0. The van der Waals surface area contributed by atoms with Gasteiger partial charge in [0.1, 0.15) is 0 Å². The SMILES string of the molecule is CC[CH]C(CCCC)CCC(C)C. The Balaban J connectivity index is 3.53. The summed E-state index contributed by atoms with van der Waals surface area (Å²) in [6.07, 6.45) is 10.7. The summed E-state index contributed by atoms with van der Waals surface area (Å²) in [6.45, 7) is 9.19. The summed E-state index contributed by atoms with van der Waals surface area (Å²) in [6, 6.07) is 0. The highest BCUT2D eigenvalue weighted by molar-refractivity contribution is 4.75. The van der Waals surface area contributed by atoms with Crippen molar-refractivity contribution in [3.05, 3.63) is 6.42 Å². The van der Waals surface area contributed by atoms with Gasteiger partial charge in [-0.2, -0.15) is 0 Å². The Morgan fingerprint density at radius 2 is 1.69 bits per heavy atom. The minimum Gasteiger partial charge on any atom is -0.0654 e. The molecule has 0 saturated heterocycles. The molecule has 0 bridgehead atoms. The van der Waals surface area contributed by atoms with Gasteiger partial charge < -0.3 is 0 Å². The lowest BCUT2D eigenvalue weighted by Gasteiger charge is -2.16. The average Bonchev–Trinajstić information content (AvgIpc) is 2.09. The Morgan fingerprint density at radius 1 is 1.00 bits per heavy atom. The summed E-state index contributed by atoms with van der Waals surface area (Å²) < 4.78 is 0. The van der Waals surface area contributed by atoms with E-state index < -0.39 is 0 Å². The van der Waals surface area contributed by atoms with Crippen LogP contribution in [0.5, 0.6) is 0 Å². The molecule has 0 aromatic heterocycles. The third-order valence-corrected chi connectivity index (χ3v) is 2.61. The Kier molecular flexibility index (Phi) is 8.59. The smallest absolute Gasteiger partial charge is 0.0357 e. The topological polar surface area (TPSA) is 0 Å². The van der Waals surface area contributed by atoms with Gasteiger partial charge in [-0.05, 0) is 24.7 Å². The molecule has 0 aliphatic heterocycles. The largest absolute Gasteiger partial charge is 0.0654 e. The first kappa shape index (κ1) is 13.0. The molecule has 0 spiro atoms. The standard InChI is InChI=1S/C13H27/c1-5-7-9-13(8-6-2)11-10-12(3)4/h8,12-13H,5-7,9-11H2,1-4H3. The molecule has 0 saturated carbocycles. The van der Waals surface area contributed by atoms with Crippen LogP contribution in [0.2, 0.25) is 0 Å². The number of hydrogen-bond acceptors (Lipinski definition) is 0. The molecule has 0 aliphatic carbocycles. The van der Waals surface area contributed by atoms with Crippen LogP contribution in [0, 0.1) is 18.3 Å². The van der Waals surface area contributed by atoms with Gasteiger partial charge in [0.15, 0.2) is 0 Å². The summed E-state index contributed by atoms with van der Waals surface area (Å²) in [5.41, 5.74) is 0. The Hall–Kier alpha value is 0. The van der Waals surface area contributed by atoms with Gasteiger partial charge in [-0.1, -0.05) is 59.8 Å². The van der Waals surface area contributed by atoms with Gasteiger partial charge in [-0.3, -0.25) is 0 Å². The van der Waals surface area contributed by atoms with Gasteiger partial charge in [0.25, 0.3) is 0 Å². The van der Waals surface area contributed by atoms with E-state index in [1.165, 1.54) is 38.5 Å². The Morgan fingerprint density at radius 3 is 2.15 bits per heavy atom. The summed E-state index contributed by atoms with van der Waals surface area (Å²) in [7, 11) is 0. The quantitative estimate of drug-likeness (QED) is 0.505. The van der Waals surface area contributed by atoms with E-state index in [4.69, 9.17) is 0 Å². The lowest BCUT2D eigenvalue weighted by Crippen LogP contribution is -2.03. The van der Waals surface area contributed by atoms with Crippen LogP contribution >= 0.6 is 0 Å². The zero-order valence-electron chi connectivity index (χ0n) is 9.97. The van der Waals surface area contributed by atoms with E-state index in [0.29, 0.717) is 0 Å². The molecule has 1 radical (unpaired) electrons. The third-order valence-electron chi connectivity index (χ3n) is 2.61. The summed E-state index contributed by atoms with van der Waals surface area (Å²) in [5.74, 6) is 1.77. The molecule has 0 aliphatic rings. The predicted molar refractivity (Wildman–Crippen MR) is 61.7 cm³/mol. The van der Waals surface area contributed by atoms with Crippen LogP contribution in [-0.2, 0) is 0 Å². The highest BCUT2D eigenvalue weighted by atomic mass is 14.1. The first-order chi connectivity index (χ1) is 6.20. The molecule has 0 aromatic rings. The molecule has 0 amide bonds. The van der Waals surface area contributed by atoms with Crippen LogP contribution in [0.25, 0.3) is 0 Å². The fourth-order valence-corrected chi connectivity index (χ4v) is 1.73. The molecule has 0 heterocycles. The van der Waals surface area contributed by atoms with Gasteiger partial charge in [0.2, 0.25) is 0 Å². The zero-order valence-corrected chi connectivity index (χ0v) is 9.97. The van der Waals surface area contributed by atoms with Crippen molar-refractivity contribution >= 4 is 0 Å². The fraction of sp³-hybridized carbons (Fsp3) is 0.923. The second kappa shape index (κ2) is 8.59. The molecular weight excluding hydrogens is 156 g/mol. The van der Waals surface area contributed by atoms with Crippen molar-refractivity contribution in [1.29, 1.82) is 0 Å². The molecular formula is C13H27. The van der Waals surface area contributed by atoms with Crippen LogP contribution in [0.4, 0.5) is 0 Å². The van der Waals surface area contributed by atoms with Gasteiger partial charge >= 0.3 is 0 Å². The second-order valence-corrected chi connectivity index (χ2v) is 4.52. The number of unbranched alkanes of at least 4 members (excludes halogenated alkanes) is 1. The minimum absolute atomic E-state index is 0.870. The lowest BCUT2D eigenvalue weighted by molar-refractivity contribution is 0.423. The Bertz CT molecular complexity index is 94.2. The van der Waals surface area contributed by atoms with E-state index in [-0.39, 0.29) is 0 Å². The van der Waals surface area contributed by atoms with E-state index in [0.717, 1.165) is 11.8 Å². The van der Waals surface area contributed by atoms with Gasteiger partial charge in [-0.15, -0.1) is 0 Å². The first-order valence-corrected chi connectivity index (χ1v) is 6.04. The van der Waals surface area contributed by atoms with E-state index in [2.05, 4.69) is 34.1 Å². The van der Waals surface area contributed by atoms with Crippen molar-refractivity contribution < 1.29 is 0 Å². The molecule has 0 nitrogen and oxygen atoms in total. The minimum atomic E-state index is 0.870. The van der Waals surface area contributed by atoms with Crippen molar-refractivity contribution in [2.24, 2.45) is 11.8 Å².